The molecule has 0 spiro atoms. The first kappa shape index (κ1) is 9.86. The van der Waals surface area contributed by atoms with E-state index in [2.05, 4.69) is 9.97 Å². The molecule has 1 atom stereocenters. The first-order valence-corrected chi connectivity index (χ1v) is 4.84. The van der Waals surface area contributed by atoms with E-state index < -0.39 is 0 Å². The molecule has 1 unspecified atom stereocenters. The summed E-state index contributed by atoms with van der Waals surface area (Å²) in [5.41, 5.74) is 8.09. The van der Waals surface area contributed by atoms with Crippen LogP contribution in [0.2, 0.25) is 0 Å². The summed E-state index contributed by atoms with van der Waals surface area (Å²) in [5.74, 6) is 0.827. The molecule has 0 radical (unpaired) electrons. The van der Waals surface area contributed by atoms with Gasteiger partial charge in [-0.3, -0.25) is 4.98 Å². The van der Waals surface area contributed by atoms with Crippen molar-refractivity contribution in [3.8, 4) is 0 Å². The highest BCUT2D eigenvalue weighted by atomic mass is 15.1. The maximum atomic E-state index is 6.08. The van der Waals surface area contributed by atoms with Gasteiger partial charge in [0.1, 0.15) is 11.9 Å². The van der Waals surface area contributed by atoms with Crippen LogP contribution in [-0.4, -0.2) is 14.5 Å². The van der Waals surface area contributed by atoms with Gasteiger partial charge in [-0.25, -0.2) is 4.98 Å². The van der Waals surface area contributed by atoms with E-state index >= 15 is 0 Å². The number of hydrogen-bond donors (Lipinski definition) is 1. The van der Waals surface area contributed by atoms with Crippen LogP contribution < -0.4 is 5.73 Å². The van der Waals surface area contributed by atoms with Crippen molar-refractivity contribution < 1.29 is 0 Å². The monoisotopic (exact) mass is 202 g/mol. The molecular weight excluding hydrogens is 188 g/mol. The molecule has 0 fully saturated rings. The fourth-order valence-electron chi connectivity index (χ4n) is 1.54. The van der Waals surface area contributed by atoms with Gasteiger partial charge in [-0.1, -0.05) is 0 Å². The van der Waals surface area contributed by atoms with E-state index in [1.165, 1.54) is 0 Å². The summed E-state index contributed by atoms with van der Waals surface area (Å²) in [4.78, 5) is 8.48. The molecule has 0 bridgehead atoms. The van der Waals surface area contributed by atoms with Crippen LogP contribution >= 0.6 is 0 Å². The Morgan fingerprint density at radius 1 is 1.33 bits per heavy atom. The van der Waals surface area contributed by atoms with E-state index in [-0.39, 0.29) is 6.04 Å². The third-order valence-corrected chi connectivity index (χ3v) is 2.39. The first-order valence-electron chi connectivity index (χ1n) is 4.84. The van der Waals surface area contributed by atoms with Crippen LogP contribution in [0.1, 0.15) is 23.1 Å². The van der Waals surface area contributed by atoms with Gasteiger partial charge in [0, 0.05) is 25.6 Å². The van der Waals surface area contributed by atoms with Crippen molar-refractivity contribution in [2.75, 3.05) is 0 Å². The Kier molecular flexibility index (Phi) is 2.51. The molecular formula is C11H14N4. The highest BCUT2D eigenvalue weighted by Gasteiger charge is 2.14. The van der Waals surface area contributed by atoms with Gasteiger partial charge in [-0.05, 0) is 24.6 Å². The Bertz CT molecular complexity index is 461. The van der Waals surface area contributed by atoms with Crippen molar-refractivity contribution in [1.29, 1.82) is 0 Å². The molecule has 4 heteroatoms. The number of aryl methyl sites for hydroxylation is 2. The molecule has 2 heterocycles. The van der Waals surface area contributed by atoms with Crippen LogP contribution in [0.15, 0.2) is 30.7 Å². The van der Waals surface area contributed by atoms with Crippen molar-refractivity contribution >= 4 is 0 Å². The maximum absolute atomic E-state index is 6.08. The van der Waals surface area contributed by atoms with Gasteiger partial charge in [-0.15, -0.1) is 0 Å². The second kappa shape index (κ2) is 3.82. The summed E-state index contributed by atoms with van der Waals surface area (Å²) in [7, 11) is 1.93. The average Bonchev–Trinajstić information content (AvgIpc) is 2.63. The van der Waals surface area contributed by atoms with Crippen LogP contribution in [0.3, 0.4) is 0 Å². The zero-order valence-electron chi connectivity index (χ0n) is 8.88. The van der Waals surface area contributed by atoms with Crippen LogP contribution in [0.4, 0.5) is 0 Å². The Morgan fingerprint density at radius 3 is 2.73 bits per heavy atom. The SMILES string of the molecule is Cc1ccnc(C(N)c2nccn2C)c1. The van der Waals surface area contributed by atoms with Gasteiger partial charge in [0.05, 0.1) is 5.69 Å². The number of pyridine rings is 1. The summed E-state index contributed by atoms with van der Waals surface area (Å²) in [6.45, 7) is 2.02. The van der Waals surface area contributed by atoms with Crippen molar-refractivity contribution in [2.45, 2.75) is 13.0 Å². The Balaban J connectivity index is 2.36. The fraction of sp³-hybridized carbons (Fsp3) is 0.273. The van der Waals surface area contributed by atoms with Gasteiger partial charge in [0.25, 0.3) is 0 Å². The average molecular weight is 202 g/mol. The van der Waals surface area contributed by atoms with Crippen molar-refractivity contribution in [1.82, 2.24) is 14.5 Å². The van der Waals surface area contributed by atoms with Crippen molar-refractivity contribution in [3.63, 3.8) is 0 Å². The molecule has 0 saturated heterocycles. The highest BCUT2D eigenvalue weighted by molar-refractivity contribution is 5.21. The lowest BCUT2D eigenvalue weighted by atomic mass is 10.1. The van der Waals surface area contributed by atoms with Crippen molar-refractivity contribution in [3.05, 3.63) is 47.8 Å². The number of imidazole rings is 1. The first-order chi connectivity index (χ1) is 7.18. The van der Waals surface area contributed by atoms with Gasteiger partial charge in [-0.2, -0.15) is 0 Å². The predicted molar refractivity (Wildman–Crippen MR) is 58.2 cm³/mol. The van der Waals surface area contributed by atoms with Gasteiger partial charge in [0.15, 0.2) is 0 Å². The third kappa shape index (κ3) is 1.89. The van der Waals surface area contributed by atoms with Gasteiger partial charge in [0.2, 0.25) is 0 Å². The minimum atomic E-state index is -0.259. The summed E-state index contributed by atoms with van der Waals surface area (Å²) in [6.07, 6.45) is 5.39. The fourth-order valence-corrected chi connectivity index (χ4v) is 1.54. The molecule has 2 aromatic rings. The highest BCUT2D eigenvalue weighted by Crippen LogP contribution is 2.15. The second-order valence-electron chi connectivity index (χ2n) is 3.63. The quantitative estimate of drug-likeness (QED) is 0.795. The van der Waals surface area contributed by atoms with E-state index in [0.717, 1.165) is 17.1 Å². The normalized spacial score (nSPS) is 12.7. The lowest BCUT2D eigenvalue weighted by Gasteiger charge is -2.11. The topological polar surface area (TPSA) is 56.7 Å². The molecule has 0 amide bonds. The molecule has 0 aromatic carbocycles. The second-order valence-corrected chi connectivity index (χ2v) is 3.63. The summed E-state index contributed by atoms with van der Waals surface area (Å²) < 4.78 is 1.91. The zero-order valence-corrected chi connectivity index (χ0v) is 8.88. The number of nitrogens with zero attached hydrogens (tertiary/aromatic N) is 3. The number of nitrogens with two attached hydrogens (primary N) is 1. The minimum absolute atomic E-state index is 0.259. The lowest BCUT2D eigenvalue weighted by molar-refractivity contribution is 0.699. The number of hydrogen-bond acceptors (Lipinski definition) is 3. The van der Waals surface area contributed by atoms with E-state index in [1.54, 1.807) is 12.4 Å². The standard InChI is InChI=1S/C11H14N4/c1-8-3-4-13-9(7-8)10(12)11-14-5-6-15(11)2/h3-7,10H,12H2,1-2H3. The Hall–Kier alpha value is -1.68. The van der Waals surface area contributed by atoms with Crippen LogP contribution in [0, 0.1) is 6.92 Å². The molecule has 0 aliphatic carbocycles. The lowest BCUT2D eigenvalue weighted by Crippen LogP contribution is -2.17. The summed E-state index contributed by atoms with van der Waals surface area (Å²) in [6, 6.07) is 3.68. The van der Waals surface area contributed by atoms with E-state index in [4.69, 9.17) is 5.73 Å². The Morgan fingerprint density at radius 2 is 2.13 bits per heavy atom. The third-order valence-electron chi connectivity index (χ3n) is 2.39. The minimum Gasteiger partial charge on any atom is -0.336 e. The zero-order chi connectivity index (χ0) is 10.8. The van der Waals surface area contributed by atoms with E-state index in [9.17, 15) is 0 Å². The summed E-state index contributed by atoms with van der Waals surface area (Å²) in [5, 5.41) is 0. The molecule has 0 aliphatic heterocycles. The largest absolute Gasteiger partial charge is 0.336 e. The molecule has 0 aliphatic rings. The molecule has 15 heavy (non-hydrogen) atoms. The maximum Gasteiger partial charge on any atom is 0.131 e. The smallest absolute Gasteiger partial charge is 0.131 e. The predicted octanol–water partition coefficient (Wildman–Crippen LogP) is 1.17. The van der Waals surface area contributed by atoms with Crippen LogP contribution in [-0.2, 0) is 7.05 Å². The van der Waals surface area contributed by atoms with E-state index in [0.29, 0.717) is 0 Å². The van der Waals surface area contributed by atoms with E-state index in [1.807, 2.05) is 36.9 Å². The van der Waals surface area contributed by atoms with Crippen molar-refractivity contribution in [2.24, 2.45) is 12.8 Å². The molecule has 2 aromatic heterocycles. The Labute approximate surface area is 88.8 Å². The van der Waals surface area contributed by atoms with Gasteiger partial charge < -0.3 is 10.3 Å². The number of rotatable bonds is 2. The van der Waals surface area contributed by atoms with Gasteiger partial charge >= 0.3 is 0 Å². The van der Waals surface area contributed by atoms with Crippen LogP contribution in [0.25, 0.3) is 0 Å². The molecule has 2 N–H and O–H groups in total. The molecule has 0 saturated carbocycles. The molecule has 2 rings (SSSR count). The number of aromatic nitrogens is 3. The summed E-state index contributed by atoms with van der Waals surface area (Å²) >= 11 is 0. The molecule has 78 valence electrons. The molecule has 4 nitrogen and oxygen atoms in total. The van der Waals surface area contributed by atoms with Crippen LogP contribution in [0.5, 0.6) is 0 Å².